The van der Waals surface area contributed by atoms with Gasteiger partial charge in [0.25, 0.3) is 0 Å². The Bertz CT molecular complexity index is 628. The molecule has 0 aliphatic carbocycles. The molecule has 1 amide bonds. The van der Waals surface area contributed by atoms with Gasteiger partial charge in [0.05, 0.1) is 24.3 Å². The summed E-state index contributed by atoms with van der Waals surface area (Å²) in [5.74, 6) is -0.0483. The molecule has 2 heterocycles. The highest BCUT2D eigenvalue weighted by molar-refractivity contribution is 5.81. The van der Waals surface area contributed by atoms with E-state index < -0.39 is 0 Å². The molecule has 0 radical (unpaired) electrons. The number of benzene rings is 1. The van der Waals surface area contributed by atoms with Crippen LogP contribution >= 0.6 is 0 Å². The summed E-state index contributed by atoms with van der Waals surface area (Å²) in [4.78, 5) is 14.5. The number of fused-ring (bicyclic) bond motifs is 1. The van der Waals surface area contributed by atoms with Crippen LogP contribution in [0.3, 0.4) is 0 Å². The van der Waals surface area contributed by atoms with Crippen molar-refractivity contribution in [2.24, 2.45) is 0 Å². The quantitative estimate of drug-likeness (QED) is 0.790. The monoisotopic (exact) mass is 329 g/mol. The van der Waals surface area contributed by atoms with E-state index in [-0.39, 0.29) is 24.2 Å². The summed E-state index contributed by atoms with van der Waals surface area (Å²) in [5, 5.41) is 11.9. The Labute approximate surface area is 142 Å². The Morgan fingerprint density at radius 1 is 1.54 bits per heavy atom. The third kappa shape index (κ3) is 3.75. The van der Waals surface area contributed by atoms with E-state index in [2.05, 4.69) is 16.3 Å². The Balaban J connectivity index is 1.57. The first-order valence-electron chi connectivity index (χ1n) is 8.36. The summed E-state index contributed by atoms with van der Waals surface area (Å²) in [5.41, 5.74) is 1.81. The fraction of sp³-hybridized carbons (Fsp3) is 0.556. The van der Waals surface area contributed by atoms with E-state index >= 15 is 0 Å². The van der Waals surface area contributed by atoms with E-state index in [9.17, 15) is 4.79 Å². The minimum Gasteiger partial charge on any atom is -0.383 e. The second-order valence-corrected chi connectivity index (χ2v) is 6.32. The number of ether oxygens (including phenoxy) is 2. The minimum atomic E-state index is -0.370. The molecule has 6 nitrogen and oxygen atoms in total. The average Bonchev–Trinajstić information content (AvgIpc) is 3.17. The van der Waals surface area contributed by atoms with Gasteiger partial charge >= 0.3 is 0 Å². The lowest BCUT2D eigenvalue weighted by atomic mass is 10.1. The van der Waals surface area contributed by atoms with E-state index in [1.165, 1.54) is 0 Å². The lowest BCUT2D eigenvalue weighted by Gasteiger charge is -2.22. The number of likely N-dealkylation sites (tertiary alicyclic amines) is 1. The highest BCUT2D eigenvalue weighted by atomic mass is 16.5. The maximum absolute atomic E-state index is 12.2. The van der Waals surface area contributed by atoms with E-state index in [1.54, 1.807) is 7.11 Å². The van der Waals surface area contributed by atoms with Crippen LogP contribution in [-0.2, 0) is 20.8 Å². The third-order valence-electron chi connectivity index (χ3n) is 4.73. The highest BCUT2D eigenvalue weighted by Gasteiger charge is 2.45. The lowest BCUT2D eigenvalue weighted by Crippen LogP contribution is -2.37. The maximum Gasteiger partial charge on any atom is 0.249 e. The molecule has 0 spiro atoms. The largest absolute Gasteiger partial charge is 0.383 e. The molecule has 2 aliphatic heterocycles. The number of methoxy groups -OCH3 is 1. The second kappa shape index (κ2) is 7.75. The van der Waals surface area contributed by atoms with Gasteiger partial charge in [0.1, 0.15) is 6.10 Å². The van der Waals surface area contributed by atoms with Gasteiger partial charge in [-0.25, -0.2) is 0 Å². The van der Waals surface area contributed by atoms with Crippen molar-refractivity contribution in [1.29, 1.82) is 5.26 Å². The maximum atomic E-state index is 12.2. The van der Waals surface area contributed by atoms with E-state index in [0.717, 1.165) is 31.5 Å². The molecule has 0 unspecified atom stereocenters. The zero-order valence-corrected chi connectivity index (χ0v) is 13.9. The van der Waals surface area contributed by atoms with Gasteiger partial charge in [-0.2, -0.15) is 5.26 Å². The first kappa shape index (κ1) is 16.9. The van der Waals surface area contributed by atoms with Crippen molar-refractivity contribution in [3.8, 4) is 6.07 Å². The molecule has 2 saturated heterocycles. The summed E-state index contributed by atoms with van der Waals surface area (Å²) in [6.07, 6.45) is 1.43. The fourth-order valence-corrected chi connectivity index (χ4v) is 3.56. The Kier molecular flexibility index (Phi) is 5.46. The van der Waals surface area contributed by atoms with E-state index in [0.29, 0.717) is 18.7 Å². The molecule has 2 aliphatic rings. The van der Waals surface area contributed by atoms with Gasteiger partial charge in [0, 0.05) is 39.2 Å². The molecule has 1 aromatic rings. The predicted octanol–water partition coefficient (Wildman–Crippen LogP) is 1.05. The topological polar surface area (TPSA) is 74.6 Å². The van der Waals surface area contributed by atoms with Gasteiger partial charge in [-0.15, -0.1) is 0 Å². The van der Waals surface area contributed by atoms with E-state index in [4.69, 9.17) is 14.7 Å². The number of amides is 1. The van der Waals surface area contributed by atoms with Gasteiger partial charge in [0.2, 0.25) is 5.91 Å². The summed E-state index contributed by atoms with van der Waals surface area (Å²) in [6.45, 7) is 2.77. The second-order valence-electron chi connectivity index (χ2n) is 6.32. The molecule has 128 valence electrons. The van der Waals surface area contributed by atoms with Gasteiger partial charge in [-0.1, -0.05) is 12.1 Å². The predicted molar refractivity (Wildman–Crippen MR) is 88.1 cm³/mol. The molecule has 2 fully saturated rings. The molecule has 0 aromatic heterocycles. The van der Waals surface area contributed by atoms with Crippen LogP contribution in [0.25, 0.3) is 0 Å². The summed E-state index contributed by atoms with van der Waals surface area (Å²) < 4.78 is 10.9. The molecule has 1 aromatic carbocycles. The number of carbonyl (C=O) groups excluding carboxylic acids is 1. The van der Waals surface area contributed by atoms with Crippen molar-refractivity contribution in [2.75, 3.05) is 26.8 Å². The van der Waals surface area contributed by atoms with Crippen LogP contribution in [-0.4, -0.2) is 55.9 Å². The molecule has 3 rings (SSSR count). The SMILES string of the molecule is COCCNC(=O)[C@@H]1C[C@H]2[C@H](CCN2Cc2cccc(C#N)c2)O1. The van der Waals surface area contributed by atoms with Crippen LogP contribution < -0.4 is 5.32 Å². The zero-order chi connectivity index (χ0) is 16.9. The third-order valence-corrected chi connectivity index (χ3v) is 4.73. The van der Waals surface area contributed by atoms with Gasteiger partial charge in [-0.3, -0.25) is 9.69 Å². The first-order valence-corrected chi connectivity index (χ1v) is 8.36. The number of carbonyl (C=O) groups is 1. The Morgan fingerprint density at radius 3 is 3.21 bits per heavy atom. The number of nitrogens with one attached hydrogen (secondary N) is 1. The van der Waals surface area contributed by atoms with Crippen molar-refractivity contribution >= 4 is 5.91 Å². The van der Waals surface area contributed by atoms with Gasteiger partial charge in [0.15, 0.2) is 0 Å². The smallest absolute Gasteiger partial charge is 0.249 e. The van der Waals surface area contributed by atoms with Crippen molar-refractivity contribution in [3.05, 3.63) is 35.4 Å². The van der Waals surface area contributed by atoms with Crippen molar-refractivity contribution < 1.29 is 14.3 Å². The number of hydrogen-bond acceptors (Lipinski definition) is 5. The normalized spacial score (nSPS) is 26.1. The Hall–Kier alpha value is -1.94. The van der Waals surface area contributed by atoms with Crippen LogP contribution in [0.1, 0.15) is 24.0 Å². The van der Waals surface area contributed by atoms with Crippen molar-refractivity contribution in [3.63, 3.8) is 0 Å². The molecule has 6 heteroatoms. The molecule has 24 heavy (non-hydrogen) atoms. The zero-order valence-electron chi connectivity index (χ0n) is 13.9. The van der Waals surface area contributed by atoms with Crippen LogP contribution in [0.15, 0.2) is 24.3 Å². The average molecular weight is 329 g/mol. The van der Waals surface area contributed by atoms with Crippen molar-refractivity contribution in [1.82, 2.24) is 10.2 Å². The minimum absolute atomic E-state index is 0.0483. The standard InChI is InChI=1S/C18H23N3O3/c1-23-8-6-20-18(22)17-10-15-16(24-17)5-7-21(15)12-14-4-2-3-13(9-14)11-19/h2-4,9,15-17H,5-8,10,12H2,1H3,(H,20,22)/t15-,16-,17-/m0/s1. The molecular weight excluding hydrogens is 306 g/mol. The van der Waals surface area contributed by atoms with Crippen LogP contribution in [0, 0.1) is 11.3 Å². The number of nitrogens with zero attached hydrogens (tertiary/aromatic N) is 2. The van der Waals surface area contributed by atoms with Crippen LogP contribution in [0.4, 0.5) is 0 Å². The number of hydrogen-bond donors (Lipinski definition) is 1. The van der Waals surface area contributed by atoms with Crippen LogP contribution in [0.2, 0.25) is 0 Å². The molecule has 0 bridgehead atoms. The van der Waals surface area contributed by atoms with Gasteiger partial charge < -0.3 is 14.8 Å². The summed E-state index contributed by atoms with van der Waals surface area (Å²) in [7, 11) is 1.61. The fourth-order valence-electron chi connectivity index (χ4n) is 3.56. The molecular formula is C18H23N3O3. The van der Waals surface area contributed by atoms with Gasteiger partial charge in [-0.05, 0) is 24.1 Å². The highest BCUT2D eigenvalue weighted by Crippen LogP contribution is 2.34. The molecule has 1 N–H and O–H groups in total. The lowest BCUT2D eigenvalue weighted by molar-refractivity contribution is -0.132. The summed E-state index contributed by atoms with van der Waals surface area (Å²) in [6, 6.07) is 10.2. The van der Waals surface area contributed by atoms with Crippen molar-refractivity contribution in [2.45, 2.75) is 37.6 Å². The van der Waals surface area contributed by atoms with E-state index in [1.807, 2.05) is 24.3 Å². The number of rotatable bonds is 6. The molecule has 3 atom stereocenters. The summed E-state index contributed by atoms with van der Waals surface area (Å²) >= 11 is 0. The first-order chi connectivity index (χ1) is 11.7. The Morgan fingerprint density at radius 2 is 2.42 bits per heavy atom. The number of nitriles is 1. The molecule has 0 saturated carbocycles. The van der Waals surface area contributed by atoms with Crippen LogP contribution in [0.5, 0.6) is 0 Å².